The van der Waals surface area contributed by atoms with Gasteiger partial charge in [0.2, 0.25) is 0 Å². The maximum Gasteiger partial charge on any atom is 0.435 e. The Kier molecular flexibility index (Phi) is 2.45. The molecule has 2 rings (SSSR count). The van der Waals surface area contributed by atoms with Crippen LogP contribution in [0.5, 0.6) is 5.75 Å². The second-order valence-corrected chi connectivity index (χ2v) is 3.38. The lowest BCUT2D eigenvalue weighted by Gasteiger charge is -2.11. The molecular weight excluding hydrogens is 235 g/mol. The summed E-state index contributed by atoms with van der Waals surface area (Å²) in [6.45, 7) is 0. The predicted molar refractivity (Wildman–Crippen MR) is 54.6 cm³/mol. The zero-order chi connectivity index (χ0) is 12.6. The van der Waals surface area contributed by atoms with E-state index in [9.17, 15) is 18.3 Å². The molecule has 0 saturated carbocycles. The molecule has 0 radical (unpaired) electrons. The first kappa shape index (κ1) is 11.3. The molecule has 2 aromatic rings. The molecule has 90 valence electrons. The van der Waals surface area contributed by atoms with Crippen molar-refractivity contribution in [1.29, 1.82) is 0 Å². The minimum Gasteiger partial charge on any atom is -0.508 e. The highest BCUT2D eigenvalue weighted by molar-refractivity contribution is 5.48. The number of halogens is 3. The van der Waals surface area contributed by atoms with E-state index >= 15 is 0 Å². The normalized spacial score (nSPS) is 11.7. The van der Waals surface area contributed by atoms with Gasteiger partial charge < -0.3 is 10.8 Å². The lowest BCUT2D eigenvalue weighted by molar-refractivity contribution is -0.142. The molecule has 3 N–H and O–H groups in total. The van der Waals surface area contributed by atoms with E-state index in [2.05, 4.69) is 5.10 Å². The Morgan fingerprint density at radius 2 is 2.00 bits per heavy atom. The van der Waals surface area contributed by atoms with E-state index in [1.54, 1.807) is 0 Å². The first-order valence-electron chi connectivity index (χ1n) is 4.59. The molecule has 1 aromatic heterocycles. The van der Waals surface area contributed by atoms with E-state index in [4.69, 9.17) is 5.73 Å². The number of hydrogen-bond donors (Lipinski definition) is 2. The van der Waals surface area contributed by atoms with Gasteiger partial charge in [0.05, 0.1) is 17.6 Å². The predicted octanol–water partition coefficient (Wildman–Crippen LogP) is 2.18. The van der Waals surface area contributed by atoms with Gasteiger partial charge in [-0.2, -0.15) is 18.3 Å². The van der Waals surface area contributed by atoms with Crippen molar-refractivity contribution in [2.45, 2.75) is 6.18 Å². The number of nitrogen functional groups attached to an aromatic ring is 1. The van der Waals surface area contributed by atoms with Crippen LogP contribution in [0.15, 0.2) is 30.5 Å². The van der Waals surface area contributed by atoms with Gasteiger partial charge in [-0.1, -0.05) is 6.07 Å². The highest BCUT2D eigenvalue weighted by atomic mass is 19.4. The maximum absolute atomic E-state index is 12.7. The Hall–Kier alpha value is -2.18. The van der Waals surface area contributed by atoms with Gasteiger partial charge in [0.25, 0.3) is 0 Å². The molecule has 1 heterocycles. The molecule has 0 amide bonds. The third kappa shape index (κ3) is 2.03. The van der Waals surface area contributed by atoms with Gasteiger partial charge in [-0.25, -0.2) is 4.68 Å². The van der Waals surface area contributed by atoms with Gasteiger partial charge in [0.15, 0.2) is 5.69 Å². The van der Waals surface area contributed by atoms with Crippen molar-refractivity contribution < 1.29 is 18.3 Å². The summed E-state index contributed by atoms with van der Waals surface area (Å²) in [6.07, 6.45) is -3.68. The molecule has 4 nitrogen and oxygen atoms in total. The van der Waals surface area contributed by atoms with Crippen LogP contribution in [-0.4, -0.2) is 14.9 Å². The standard InChI is InChI=1S/C10H8F3N3O/c11-10(12,13)9-8(14)5-15-16(9)6-2-1-3-7(17)4-6/h1-5,17H,14H2. The Bertz CT molecular complexity index is 548. The number of nitrogens with two attached hydrogens (primary N) is 1. The van der Waals surface area contributed by atoms with E-state index in [0.29, 0.717) is 4.68 Å². The summed E-state index contributed by atoms with van der Waals surface area (Å²) in [6, 6.07) is 5.33. The Balaban J connectivity index is 2.61. The SMILES string of the molecule is Nc1cnn(-c2cccc(O)c2)c1C(F)(F)F. The lowest BCUT2D eigenvalue weighted by atomic mass is 10.3. The number of anilines is 1. The average Bonchev–Trinajstić information content (AvgIpc) is 2.59. The average molecular weight is 243 g/mol. The lowest BCUT2D eigenvalue weighted by Crippen LogP contribution is -2.15. The second-order valence-electron chi connectivity index (χ2n) is 3.38. The van der Waals surface area contributed by atoms with E-state index in [1.165, 1.54) is 24.3 Å². The van der Waals surface area contributed by atoms with Crippen molar-refractivity contribution in [3.63, 3.8) is 0 Å². The van der Waals surface area contributed by atoms with Crippen LogP contribution in [0.2, 0.25) is 0 Å². The minimum absolute atomic E-state index is 0.0917. The molecule has 0 spiro atoms. The topological polar surface area (TPSA) is 64.1 Å². The van der Waals surface area contributed by atoms with Crippen LogP contribution >= 0.6 is 0 Å². The zero-order valence-electron chi connectivity index (χ0n) is 8.44. The van der Waals surface area contributed by atoms with Gasteiger partial charge in [0, 0.05) is 6.07 Å². The van der Waals surface area contributed by atoms with Gasteiger partial charge in [-0.15, -0.1) is 0 Å². The Morgan fingerprint density at radius 1 is 1.29 bits per heavy atom. The van der Waals surface area contributed by atoms with E-state index < -0.39 is 17.6 Å². The molecule has 0 bridgehead atoms. The van der Waals surface area contributed by atoms with Crippen LogP contribution in [0.4, 0.5) is 18.9 Å². The molecule has 17 heavy (non-hydrogen) atoms. The summed E-state index contributed by atoms with van der Waals surface area (Å²) in [4.78, 5) is 0. The maximum atomic E-state index is 12.7. The molecule has 1 aromatic carbocycles. The third-order valence-corrected chi connectivity index (χ3v) is 2.14. The van der Waals surface area contributed by atoms with Crippen LogP contribution in [-0.2, 0) is 6.18 Å². The fraction of sp³-hybridized carbons (Fsp3) is 0.100. The molecule has 0 aliphatic carbocycles. The fourth-order valence-corrected chi connectivity index (χ4v) is 1.47. The summed E-state index contributed by atoms with van der Waals surface area (Å²) >= 11 is 0. The number of aromatic hydroxyl groups is 1. The van der Waals surface area contributed by atoms with Crippen LogP contribution < -0.4 is 5.73 Å². The molecule has 0 fully saturated rings. The van der Waals surface area contributed by atoms with Crippen molar-refractivity contribution in [3.05, 3.63) is 36.2 Å². The highest BCUT2D eigenvalue weighted by Crippen LogP contribution is 2.35. The first-order chi connectivity index (χ1) is 7.89. The number of alkyl halides is 3. The Labute approximate surface area is 94.1 Å². The van der Waals surface area contributed by atoms with Crippen molar-refractivity contribution >= 4 is 5.69 Å². The largest absolute Gasteiger partial charge is 0.508 e. The number of phenols is 1. The quantitative estimate of drug-likeness (QED) is 0.806. The number of aromatic nitrogens is 2. The Morgan fingerprint density at radius 3 is 2.59 bits per heavy atom. The monoisotopic (exact) mass is 243 g/mol. The second kappa shape index (κ2) is 3.69. The molecule has 7 heteroatoms. The number of benzene rings is 1. The number of nitrogens with zero attached hydrogens (tertiary/aromatic N) is 2. The third-order valence-electron chi connectivity index (χ3n) is 2.14. The van der Waals surface area contributed by atoms with E-state index in [0.717, 1.165) is 6.20 Å². The summed E-state index contributed by atoms with van der Waals surface area (Å²) < 4.78 is 38.8. The van der Waals surface area contributed by atoms with Crippen LogP contribution in [0.3, 0.4) is 0 Å². The summed E-state index contributed by atoms with van der Waals surface area (Å²) in [7, 11) is 0. The van der Waals surface area contributed by atoms with Crippen molar-refractivity contribution in [2.75, 3.05) is 5.73 Å². The highest BCUT2D eigenvalue weighted by Gasteiger charge is 2.38. The molecule has 0 aliphatic rings. The van der Waals surface area contributed by atoms with Gasteiger partial charge in [-0.3, -0.25) is 0 Å². The van der Waals surface area contributed by atoms with Crippen LogP contribution in [0.1, 0.15) is 5.69 Å². The number of rotatable bonds is 1. The number of hydrogen-bond acceptors (Lipinski definition) is 3. The van der Waals surface area contributed by atoms with Gasteiger partial charge in [0.1, 0.15) is 5.75 Å². The summed E-state index contributed by atoms with van der Waals surface area (Å²) in [5, 5.41) is 12.8. The minimum atomic E-state index is -4.61. The molecule has 0 atom stereocenters. The molecular formula is C10H8F3N3O. The van der Waals surface area contributed by atoms with Crippen LogP contribution in [0.25, 0.3) is 5.69 Å². The van der Waals surface area contributed by atoms with Crippen molar-refractivity contribution in [1.82, 2.24) is 9.78 Å². The molecule has 0 saturated heterocycles. The van der Waals surface area contributed by atoms with Gasteiger partial charge in [-0.05, 0) is 12.1 Å². The summed E-state index contributed by atoms with van der Waals surface area (Å²) in [5.41, 5.74) is 3.82. The van der Waals surface area contributed by atoms with Crippen molar-refractivity contribution in [2.24, 2.45) is 0 Å². The zero-order valence-corrected chi connectivity index (χ0v) is 8.44. The summed E-state index contributed by atoms with van der Waals surface area (Å²) in [5.74, 6) is -0.148. The molecule has 0 unspecified atom stereocenters. The van der Waals surface area contributed by atoms with Gasteiger partial charge >= 0.3 is 6.18 Å². The van der Waals surface area contributed by atoms with E-state index in [1.807, 2.05) is 0 Å². The number of phenolic OH excluding ortho intramolecular Hbond substituents is 1. The first-order valence-corrected chi connectivity index (χ1v) is 4.59. The van der Waals surface area contributed by atoms with Crippen molar-refractivity contribution in [3.8, 4) is 11.4 Å². The fourth-order valence-electron chi connectivity index (χ4n) is 1.47. The van der Waals surface area contributed by atoms with E-state index in [-0.39, 0.29) is 11.4 Å². The smallest absolute Gasteiger partial charge is 0.435 e. The van der Waals surface area contributed by atoms with Crippen LogP contribution in [0, 0.1) is 0 Å². The molecule has 0 aliphatic heterocycles.